The predicted molar refractivity (Wildman–Crippen MR) is 54.9 cm³/mol. The van der Waals surface area contributed by atoms with Crippen molar-refractivity contribution < 1.29 is 9.53 Å². The summed E-state index contributed by atoms with van der Waals surface area (Å²) >= 11 is 0. The number of carbonyl (C=O) groups excluding carboxylic acids is 1. The van der Waals surface area contributed by atoms with Gasteiger partial charge in [-0.2, -0.15) is 0 Å². The second kappa shape index (κ2) is 5.98. The van der Waals surface area contributed by atoms with Gasteiger partial charge in [-0.05, 0) is 19.4 Å². The van der Waals surface area contributed by atoms with E-state index in [1.165, 1.54) is 0 Å². The van der Waals surface area contributed by atoms with Crippen LogP contribution >= 0.6 is 0 Å². The van der Waals surface area contributed by atoms with Gasteiger partial charge in [0, 0.05) is 19.5 Å². The standard InChI is InChI=1S/C10H20N2O2/c1-2-12-6-3-9(4-7-12)14-8-5-10(11)13/h9H,2-8H2,1H3,(H2,11,13). The van der Waals surface area contributed by atoms with Crippen molar-refractivity contribution in [3.05, 3.63) is 0 Å². The summed E-state index contributed by atoms with van der Waals surface area (Å²) < 4.78 is 5.56. The van der Waals surface area contributed by atoms with Gasteiger partial charge in [-0.1, -0.05) is 6.92 Å². The first kappa shape index (κ1) is 11.5. The van der Waals surface area contributed by atoms with E-state index in [4.69, 9.17) is 10.5 Å². The minimum Gasteiger partial charge on any atom is -0.378 e. The van der Waals surface area contributed by atoms with E-state index in [0.29, 0.717) is 19.1 Å². The molecule has 1 heterocycles. The first-order valence-corrected chi connectivity index (χ1v) is 5.34. The van der Waals surface area contributed by atoms with Crippen LogP contribution in [0.25, 0.3) is 0 Å². The molecule has 1 fully saturated rings. The summed E-state index contributed by atoms with van der Waals surface area (Å²) in [5, 5.41) is 0. The Morgan fingerprint density at radius 1 is 1.50 bits per heavy atom. The molecule has 1 saturated heterocycles. The third kappa shape index (κ3) is 4.07. The van der Waals surface area contributed by atoms with Gasteiger partial charge < -0.3 is 15.4 Å². The lowest BCUT2D eigenvalue weighted by molar-refractivity contribution is -0.119. The summed E-state index contributed by atoms with van der Waals surface area (Å²) in [4.78, 5) is 12.9. The molecule has 0 spiro atoms. The number of primary amides is 1. The van der Waals surface area contributed by atoms with Crippen molar-refractivity contribution in [3.8, 4) is 0 Å². The van der Waals surface area contributed by atoms with Gasteiger partial charge in [-0.25, -0.2) is 0 Å². The van der Waals surface area contributed by atoms with Crippen LogP contribution in [-0.2, 0) is 9.53 Å². The molecule has 0 bridgehead atoms. The molecule has 82 valence electrons. The summed E-state index contributed by atoms with van der Waals surface area (Å²) in [6, 6.07) is 0. The molecular weight excluding hydrogens is 180 g/mol. The molecule has 0 atom stereocenters. The van der Waals surface area contributed by atoms with Crippen LogP contribution in [0.15, 0.2) is 0 Å². The fourth-order valence-corrected chi connectivity index (χ4v) is 1.72. The molecular formula is C10H20N2O2. The van der Waals surface area contributed by atoms with Crippen LogP contribution in [0.1, 0.15) is 26.2 Å². The maximum absolute atomic E-state index is 10.5. The van der Waals surface area contributed by atoms with Gasteiger partial charge >= 0.3 is 0 Å². The molecule has 0 unspecified atom stereocenters. The summed E-state index contributed by atoms with van der Waals surface area (Å²) in [5.74, 6) is -0.281. The Morgan fingerprint density at radius 2 is 2.14 bits per heavy atom. The van der Waals surface area contributed by atoms with Crippen molar-refractivity contribution in [2.45, 2.75) is 32.3 Å². The molecule has 4 heteroatoms. The molecule has 0 radical (unpaired) electrons. The van der Waals surface area contributed by atoms with E-state index in [2.05, 4.69) is 11.8 Å². The Morgan fingerprint density at radius 3 is 2.64 bits per heavy atom. The second-order valence-corrected chi connectivity index (χ2v) is 3.72. The van der Waals surface area contributed by atoms with Gasteiger partial charge in [0.1, 0.15) is 0 Å². The molecule has 2 N–H and O–H groups in total. The molecule has 0 aliphatic carbocycles. The van der Waals surface area contributed by atoms with Crippen molar-refractivity contribution in [1.82, 2.24) is 4.90 Å². The Labute approximate surface area is 85.4 Å². The van der Waals surface area contributed by atoms with Crippen molar-refractivity contribution >= 4 is 5.91 Å². The highest BCUT2D eigenvalue weighted by Crippen LogP contribution is 2.13. The molecule has 14 heavy (non-hydrogen) atoms. The Kier molecular flexibility index (Phi) is 4.90. The third-order valence-electron chi connectivity index (χ3n) is 2.68. The fourth-order valence-electron chi connectivity index (χ4n) is 1.72. The van der Waals surface area contributed by atoms with Crippen LogP contribution in [0.3, 0.4) is 0 Å². The predicted octanol–water partition coefficient (Wildman–Crippen LogP) is 0.363. The van der Waals surface area contributed by atoms with Crippen LogP contribution in [0.4, 0.5) is 0 Å². The lowest BCUT2D eigenvalue weighted by atomic mass is 10.1. The van der Waals surface area contributed by atoms with Crippen LogP contribution in [-0.4, -0.2) is 43.2 Å². The zero-order valence-electron chi connectivity index (χ0n) is 8.87. The molecule has 1 rings (SSSR count). The average molecular weight is 200 g/mol. The van der Waals surface area contributed by atoms with Crippen molar-refractivity contribution in [2.24, 2.45) is 5.73 Å². The normalized spacial score (nSPS) is 19.8. The number of rotatable bonds is 5. The topological polar surface area (TPSA) is 55.6 Å². The Balaban J connectivity index is 2.07. The van der Waals surface area contributed by atoms with E-state index in [-0.39, 0.29) is 5.91 Å². The number of nitrogens with two attached hydrogens (primary N) is 1. The van der Waals surface area contributed by atoms with Gasteiger partial charge in [0.15, 0.2) is 0 Å². The van der Waals surface area contributed by atoms with Gasteiger partial charge in [-0.3, -0.25) is 4.79 Å². The van der Waals surface area contributed by atoms with E-state index in [1.807, 2.05) is 0 Å². The van der Waals surface area contributed by atoms with Crippen molar-refractivity contribution in [3.63, 3.8) is 0 Å². The smallest absolute Gasteiger partial charge is 0.219 e. The zero-order chi connectivity index (χ0) is 10.4. The minimum absolute atomic E-state index is 0.281. The zero-order valence-corrected chi connectivity index (χ0v) is 8.87. The second-order valence-electron chi connectivity index (χ2n) is 3.72. The first-order valence-electron chi connectivity index (χ1n) is 5.34. The lowest BCUT2D eigenvalue weighted by Gasteiger charge is -2.30. The number of likely N-dealkylation sites (tertiary alicyclic amines) is 1. The van der Waals surface area contributed by atoms with E-state index in [9.17, 15) is 4.79 Å². The van der Waals surface area contributed by atoms with Crippen LogP contribution < -0.4 is 5.73 Å². The molecule has 1 aliphatic rings. The quantitative estimate of drug-likeness (QED) is 0.697. The Hall–Kier alpha value is -0.610. The van der Waals surface area contributed by atoms with E-state index in [1.54, 1.807) is 0 Å². The largest absolute Gasteiger partial charge is 0.378 e. The Bertz CT molecular complexity index is 177. The number of hydrogen-bond acceptors (Lipinski definition) is 3. The van der Waals surface area contributed by atoms with E-state index in [0.717, 1.165) is 32.5 Å². The molecule has 1 aliphatic heterocycles. The lowest BCUT2D eigenvalue weighted by Crippen LogP contribution is -2.37. The first-order chi connectivity index (χ1) is 6.72. The molecule has 1 amide bonds. The van der Waals surface area contributed by atoms with Gasteiger partial charge in [-0.15, -0.1) is 0 Å². The van der Waals surface area contributed by atoms with E-state index < -0.39 is 0 Å². The SMILES string of the molecule is CCN1CCC(OCCC(N)=O)CC1. The van der Waals surface area contributed by atoms with Crippen molar-refractivity contribution in [2.75, 3.05) is 26.2 Å². The van der Waals surface area contributed by atoms with E-state index >= 15 is 0 Å². The van der Waals surface area contributed by atoms with Gasteiger partial charge in [0.25, 0.3) is 0 Å². The average Bonchev–Trinajstić information content (AvgIpc) is 2.18. The number of carbonyl (C=O) groups is 1. The summed E-state index contributed by atoms with van der Waals surface area (Å²) in [7, 11) is 0. The highest BCUT2D eigenvalue weighted by Gasteiger charge is 2.18. The molecule has 4 nitrogen and oxygen atoms in total. The monoisotopic (exact) mass is 200 g/mol. The number of nitrogens with zero attached hydrogens (tertiary/aromatic N) is 1. The molecule has 0 saturated carbocycles. The molecule has 0 aromatic heterocycles. The van der Waals surface area contributed by atoms with Crippen LogP contribution in [0, 0.1) is 0 Å². The maximum atomic E-state index is 10.5. The highest BCUT2D eigenvalue weighted by atomic mass is 16.5. The van der Waals surface area contributed by atoms with Crippen LogP contribution in [0.5, 0.6) is 0 Å². The number of ether oxygens (including phenoxy) is 1. The molecule has 0 aromatic carbocycles. The summed E-state index contributed by atoms with van der Waals surface area (Å²) in [6.45, 7) is 5.99. The van der Waals surface area contributed by atoms with Crippen LogP contribution in [0.2, 0.25) is 0 Å². The summed E-state index contributed by atoms with van der Waals surface area (Å²) in [5.41, 5.74) is 5.02. The summed E-state index contributed by atoms with van der Waals surface area (Å²) in [6.07, 6.45) is 2.82. The highest BCUT2D eigenvalue weighted by molar-refractivity contribution is 5.73. The number of piperidine rings is 1. The number of hydrogen-bond donors (Lipinski definition) is 1. The minimum atomic E-state index is -0.281. The third-order valence-corrected chi connectivity index (χ3v) is 2.68. The number of amides is 1. The van der Waals surface area contributed by atoms with Gasteiger partial charge in [0.2, 0.25) is 5.91 Å². The van der Waals surface area contributed by atoms with Gasteiger partial charge in [0.05, 0.1) is 12.7 Å². The van der Waals surface area contributed by atoms with Crippen molar-refractivity contribution in [1.29, 1.82) is 0 Å². The maximum Gasteiger partial charge on any atom is 0.219 e. The fraction of sp³-hybridized carbons (Fsp3) is 0.900. The molecule has 0 aromatic rings.